The highest BCUT2D eigenvalue weighted by Crippen LogP contribution is 1.98. The SMILES string of the molecule is C=CCCOS(=O)(=O)Cl. The van der Waals surface area contributed by atoms with Crippen LogP contribution in [-0.4, -0.2) is 15.0 Å². The molecule has 5 heteroatoms. The smallest absolute Gasteiger partial charge is 0.258 e. The second-order valence-electron chi connectivity index (χ2n) is 1.29. The molecule has 0 unspecified atom stereocenters. The second-order valence-corrected chi connectivity index (χ2v) is 3.45. The Morgan fingerprint density at radius 3 is 2.56 bits per heavy atom. The first-order valence-corrected chi connectivity index (χ1v) is 4.49. The molecule has 0 aliphatic carbocycles. The van der Waals surface area contributed by atoms with Crippen LogP contribution in [0.15, 0.2) is 12.7 Å². The summed E-state index contributed by atoms with van der Waals surface area (Å²) in [6.07, 6.45) is 2.02. The summed E-state index contributed by atoms with van der Waals surface area (Å²) < 4.78 is 24.2. The van der Waals surface area contributed by atoms with Gasteiger partial charge in [-0.1, -0.05) is 6.08 Å². The lowest BCUT2D eigenvalue weighted by Gasteiger charge is -1.92. The van der Waals surface area contributed by atoms with E-state index < -0.39 is 9.33 Å². The Kier molecular flexibility index (Phi) is 3.84. The van der Waals surface area contributed by atoms with E-state index in [2.05, 4.69) is 21.4 Å². The lowest BCUT2D eigenvalue weighted by Crippen LogP contribution is -1.97. The Hall–Kier alpha value is -0.0600. The maximum absolute atomic E-state index is 10.0. The first-order chi connectivity index (χ1) is 4.06. The predicted molar refractivity (Wildman–Crippen MR) is 35.5 cm³/mol. The van der Waals surface area contributed by atoms with Crippen LogP contribution in [0.4, 0.5) is 0 Å². The van der Waals surface area contributed by atoms with Crippen molar-refractivity contribution in [3.05, 3.63) is 12.7 Å². The van der Waals surface area contributed by atoms with Crippen LogP contribution in [0.1, 0.15) is 6.42 Å². The number of halogens is 1. The fourth-order valence-electron chi connectivity index (χ4n) is 0.231. The Morgan fingerprint density at radius 2 is 2.22 bits per heavy atom. The average molecular weight is 171 g/mol. The fourth-order valence-corrected chi connectivity index (χ4v) is 0.715. The molecule has 0 aromatic carbocycles. The molecule has 54 valence electrons. The van der Waals surface area contributed by atoms with E-state index in [1.54, 1.807) is 6.08 Å². The summed E-state index contributed by atoms with van der Waals surface area (Å²) in [5, 5.41) is 0. The minimum absolute atomic E-state index is 0.0648. The van der Waals surface area contributed by atoms with Gasteiger partial charge in [0.1, 0.15) is 0 Å². The third-order valence-electron chi connectivity index (χ3n) is 0.546. The van der Waals surface area contributed by atoms with Gasteiger partial charge in [-0.15, -0.1) is 6.58 Å². The summed E-state index contributed by atoms with van der Waals surface area (Å²) in [6.45, 7) is 3.43. The normalized spacial score (nSPS) is 11.2. The average Bonchev–Trinajstić information content (AvgIpc) is 1.63. The molecule has 0 aliphatic heterocycles. The van der Waals surface area contributed by atoms with Crippen molar-refractivity contribution in [1.29, 1.82) is 0 Å². The first-order valence-electron chi connectivity index (χ1n) is 2.26. The van der Waals surface area contributed by atoms with Gasteiger partial charge in [0.2, 0.25) is 0 Å². The van der Waals surface area contributed by atoms with Gasteiger partial charge in [0, 0.05) is 10.7 Å². The van der Waals surface area contributed by atoms with Crippen molar-refractivity contribution in [2.24, 2.45) is 0 Å². The molecule has 0 spiro atoms. The number of hydrogen-bond donors (Lipinski definition) is 0. The molecule has 0 heterocycles. The van der Waals surface area contributed by atoms with Crippen LogP contribution >= 0.6 is 10.7 Å². The lowest BCUT2D eigenvalue weighted by atomic mass is 10.5. The van der Waals surface area contributed by atoms with Crippen LogP contribution < -0.4 is 0 Å². The van der Waals surface area contributed by atoms with Crippen molar-refractivity contribution in [2.45, 2.75) is 6.42 Å². The minimum Gasteiger partial charge on any atom is -0.258 e. The summed E-state index contributed by atoms with van der Waals surface area (Å²) in [4.78, 5) is 0. The van der Waals surface area contributed by atoms with Gasteiger partial charge in [-0.3, -0.25) is 4.18 Å². The maximum Gasteiger partial charge on any atom is 0.355 e. The van der Waals surface area contributed by atoms with E-state index in [9.17, 15) is 8.42 Å². The van der Waals surface area contributed by atoms with Crippen molar-refractivity contribution in [1.82, 2.24) is 0 Å². The standard InChI is InChI=1S/C4H7ClO3S/c1-2-3-4-8-9(5,6)7/h2H,1,3-4H2. The molecule has 3 nitrogen and oxygen atoms in total. The Bertz CT molecular complexity index is 172. The van der Waals surface area contributed by atoms with E-state index in [1.807, 2.05) is 0 Å². The highest BCUT2D eigenvalue weighted by Gasteiger charge is 2.01. The predicted octanol–water partition coefficient (Wildman–Crippen LogP) is 1.06. The van der Waals surface area contributed by atoms with Crippen LogP contribution in [0, 0.1) is 0 Å². The van der Waals surface area contributed by atoms with Gasteiger partial charge < -0.3 is 0 Å². The first kappa shape index (κ1) is 8.94. The zero-order valence-corrected chi connectivity index (χ0v) is 6.28. The molecule has 0 fully saturated rings. The fraction of sp³-hybridized carbons (Fsp3) is 0.500. The van der Waals surface area contributed by atoms with Gasteiger partial charge in [0.25, 0.3) is 0 Å². The molecule has 0 aromatic heterocycles. The zero-order chi connectivity index (χ0) is 7.33. The van der Waals surface area contributed by atoms with Gasteiger partial charge >= 0.3 is 9.33 Å². The summed E-state index contributed by atoms with van der Waals surface area (Å²) in [7, 11) is 0.913. The Balaban J connectivity index is 3.40. The molecule has 0 radical (unpaired) electrons. The maximum atomic E-state index is 10.0. The van der Waals surface area contributed by atoms with E-state index in [-0.39, 0.29) is 6.61 Å². The quantitative estimate of drug-likeness (QED) is 0.360. The van der Waals surface area contributed by atoms with Gasteiger partial charge in [-0.2, -0.15) is 8.42 Å². The molecule has 0 N–H and O–H groups in total. The van der Waals surface area contributed by atoms with E-state index in [0.717, 1.165) is 0 Å². The molecule has 0 saturated heterocycles. The van der Waals surface area contributed by atoms with Crippen molar-refractivity contribution in [2.75, 3.05) is 6.61 Å². The third kappa shape index (κ3) is 7.94. The number of rotatable bonds is 4. The van der Waals surface area contributed by atoms with Gasteiger partial charge in [0.15, 0.2) is 0 Å². The molecule has 0 rings (SSSR count). The van der Waals surface area contributed by atoms with Crippen LogP contribution in [0.25, 0.3) is 0 Å². The summed E-state index contributed by atoms with van der Waals surface area (Å²) in [5.74, 6) is 0. The highest BCUT2D eigenvalue weighted by atomic mass is 35.7. The van der Waals surface area contributed by atoms with Crippen molar-refractivity contribution in [3.8, 4) is 0 Å². The van der Waals surface area contributed by atoms with Gasteiger partial charge in [0.05, 0.1) is 6.61 Å². The van der Waals surface area contributed by atoms with Crippen LogP contribution in [0.5, 0.6) is 0 Å². The van der Waals surface area contributed by atoms with Gasteiger partial charge in [-0.05, 0) is 6.42 Å². The Morgan fingerprint density at radius 1 is 1.67 bits per heavy atom. The molecular weight excluding hydrogens is 164 g/mol. The lowest BCUT2D eigenvalue weighted by molar-refractivity contribution is 0.335. The molecule has 0 aromatic rings. The molecular formula is C4H7ClO3S. The monoisotopic (exact) mass is 170 g/mol. The molecule has 0 aliphatic rings. The molecule has 9 heavy (non-hydrogen) atoms. The summed E-state index contributed by atoms with van der Waals surface area (Å²) in [6, 6.07) is 0. The van der Waals surface area contributed by atoms with Crippen molar-refractivity contribution >= 4 is 20.0 Å². The highest BCUT2D eigenvalue weighted by molar-refractivity contribution is 8.09. The second kappa shape index (κ2) is 3.87. The van der Waals surface area contributed by atoms with E-state index in [1.165, 1.54) is 0 Å². The van der Waals surface area contributed by atoms with Crippen LogP contribution in [0.2, 0.25) is 0 Å². The Labute approximate surface area is 58.9 Å². The van der Waals surface area contributed by atoms with E-state index in [4.69, 9.17) is 0 Å². The largest absolute Gasteiger partial charge is 0.355 e. The van der Waals surface area contributed by atoms with E-state index in [0.29, 0.717) is 6.42 Å². The summed E-state index contributed by atoms with van der Waals surface area (Å²) >= 11 is 0. The number of hydrogen-bond acceptors (Lipinski definition) is 3. The summed E-state index contributed by atoms with van der Waals surface area (Å²) in [5.41, 5.74) is 0. The van der Waals surface area contributed by atoms with E-state index >= 15 is 0 Å². The van der Waals surface area contributed by atoms with Crippen LogP contribution in [-0.2, 0) is 13.5 Å². The van der Waals surface area contributed by atoms with Crippen molar-refractivity contribution < 1.29 is 12.6 Å². The zero-order valence-electron chi connectivity index (χ0n) is 4.71. The molecule has 0 amide bonds. The topological polar surface area (TPSA) is 43.4 Å². The van der Waals surface area contributed by atoms with Gasteiger partial charge in [-0.25, -0.2) is 0 Å². The van der Waals surface area contributed by atoms with Crippen molar-refractivity contribution in [3.63, 3.8) is 0 Å². The molecule has 0 bridgehead atoms. The molecule has 0 saturated carbocycles. The third-order valence-corrected chi connectivity index (χ3v) is 1.26. The van der Waals surface area contributed by atoms with Crippen LogP contribution in [0.3, 0.4) is 0 Å². The molecule has 0 atom stereocenters. The minimum atomic E-state index is -3.77.